The number of nitrogens with zero attached hydrogens (tertiary/aromatic N) is 3. The fraction of sp³-hybridized carbons (Fsp3) is 0.250. The van der Waals surface area contributed by atoms with Crippen LogP contribution in [0.3, 0.4) is 0 Å². The highest BCUT2D eigenvalue weighted by Crippen LogP contribution is 2.26. The van der Waals surface area contributed by atoms with Crippen LogP contribution in [0.4, 0.5) is 10.4 Å². The first-order valence-corrected chi connectivity index (χ1v) is 9.24. The Kier molecular flexibility index (Phi) is 3.99. The Hall–Kier alpha value is -3.46. The van der Waals surface area contributed by atoms with Crippen molar-refractivity contribution in [2.24, 2.45) is 0 Å². The maximum absolute atomic E-state index is 13.7. The van der Waals surface area contributed by atoms with Gasteiger partial charge in [0.2, 0.25) is 0 Å². The molecule has 1 unspecified atom stereocenters. The van der Waals surface area contributed by atoms with Crippen LogP contribution in [0.15, 0.2) is 47.1 Å². The summed E-state index contributed by atoms with van der Waals surface area (Å²) in [5.41, 5.74) is 0.624. The number of halogens is 1. The highest BCUT2D eigenvalue weighted by atomic mass is 19.1. The largest absolute Gasteiger partial charge is 0.423 e. The second kappa shape index (κ2) is 6.56. The standard InChI is InChI=1S/C20H18FN5O3/c21-13-2-1-3-16-17(13)25-19(29-16)23-10-20(28)5-7-26(11-20)18(27)15-8-12-9-22-6-4-14(12)24-15/h1-4,6,8-9,24,28H,5,7,10-11H2,(H,23,25). The first-order chi connectivity index (χ1) is 14.0. The Morgan fingerprint density at radius 2 is 2.31 bits per heavy atom. The maximum atomic E-state index is 13.7. The zero-order chi connectivity index (χ0) is 20.0. The van der Waals surface area contributed by atoms with Crippen LogP contribution in [0, 0.1) is 5.82 Å². The third kappa shape index (κ3) is 3.19. The highest BCUT2D eigenvalue weighted by Gasteiger charge is 2.39. The van der Waals surface area contributed by atoms with E-state index < -0.39 is 11.4 Å². The molecule has 1 aromatic carbocycles. The summed E-state index contributed by atoms with van der Waals surface area (Å²) in [6, 6.07) is 8.17. The second-order valence-electron chi connectivity index (χ2n) is 7.31. The lowest BCUT2D eigenvalue weighted by Crippen LogP contribution is -2.41. The molecule has 0 radical (unpaired) electrons. The number of aliphatic hydroxyl groups is 1. The van der Waals surface area contributed by atoms with Crippen molar-refractivity contribution in [1.82, 2.24) is 19.9 Å². The lowest BCUT2D eigenvalue weighted by Gasteiger charge is -2.23. The first kappa shape index (κ1) is 17.6. The van der Waals surface area contributed by atoms with Crippen molar-refractivity contribution in [1.29, 1.82) is 0 Å². The topological polar surface area (TPSA) is 107 Å². The SMILES string of the molecule is O=C(c1cc2cnccc2[nH]1)N1CCC(O)(CNc2nc3c(F)cccc3o2)C1. The van der Waals surface area contributed by atoms with Crippen LogP contribution in [-0.4, -0.2) is 56.1 Å². The molecular formula is C20H18FN5O3. The van der Waals surface area contributed by atoms with Gasteiger partial charge in [0, 0.05) is 36.4 Å². The van der Waals surface area contributed by atoms with Crippen molar-refractivity contribution in [3.05, 3.63) is 54.2 Å². The van der Waals surface area contributed by atoms with Gasteiger partial charge in [0.25, 0.3) is 11.9 Å². The van der Waals surface area contributed by atoms with Crippen LogP contribution < -0.4 is 5.32 Å². The van der Waals surface area contributed by atoms with E-state index in [1.165, 1.54) is 6.07 Å². The Morgan fingerprint density at radius 3 is 3.14 bits per heavy atom. The van der Waals surface area contributed by atoms with Crippen molar-refractivity contribution in [2.45, 2.75) is 12.0 Å². The van der Waals surface area contributed by atoms with Crippen molar-refractivity contribution < 1.29 is 18.7 Å². The van der Waals surface area contributed by atoms with E-state index in [-0.39, 0.29) is 30.5 Å². The second-order valence-corrected chi connectivity index (χ2v) is 7.31. The zero-order valence-corrected chi connectivity index (χ0v) is 15.4. The van der Waals surface area contributed by atoms with E-state index in [9.17, 15) is 14.3 Å². The molecule has 1 saturated heterocycles. The number of nitrogens with one attached hydrogen (secondary N) is 2. The molecule has 1 aliphatic rings. The number of rotatable bonds is 4. The minimum Gasteiger partial charge on any atom is -0.423 e. The van der Waals surface area contributed by atoms with Crippen LogP contribution in [0.5, 0.6) is 0 Å². The predicted molar refractivity (Wildman–Crippen MR) is 104 cm³/mol. The fourth-order valence-electron chi connectivity index (χ4n) is 3.66. The summed E-state index contributed by atoms with van der Waals surface area (Å²) in [6.07, 6.45) is 3.75. The number of aromatic amines is 1. The van der Waals surface area contributed by atoms with Crippen LogP contribution in [0.25, 0.3) is 22.0 Å². The number of H-pyrrole nitrogens is 1. The molecule has 5 rings (SSSR count). The number of hydrogen-bond donors (Lipinski definition) is 3. The molecule has 1 atom stereocenters. The van der Waals surface area contributed by atoms with E-state index in [4.69, 9.17) is 4.42 Å². The first-order valence-electron chi connectivity index (χ1n) is 9.24. The molecule has 1 fully saturated rings. The monoisotopic (exact) mass is 395 g/mol. The van der Waals surface area contributed by atoms with Gasteiger partial charge in [0.15, 0.2) is 11.4 Å². The lowest BCUT2D eigenvalue weighted by molar-refractivity contribution is 0.0530. The Balaban J connectivity index is 1.27. The van der Waals surface area contributed by atoms with E-state index in [1.54, 1.807) is 41.6 Å². The van der Waals surface area contributed by atoms with Gasteiger partial charge in [-0.15, -0.1) is 0 Å². The average molecular weight is 395 g/mol. The smallest absolute Gasteiger partial charge is 0.295 e. The number of amides is 1. The van der Waals surface area contributed by atoms with E-state index in [0.29, 0.717) is 24.2 Å². The minimum absolute atomic E-state index is 0.127. The summed E-state index contributed by atoms with van der Waals surface area (Å²) >= 11 is 0. The van der Waals surface area contributed by atoms with Crippen LogP contribution >= 0.6 is 0 Å². The number of anilines is 1. The molecule has 0 bridgehead atoms. The summed E-state index contributed by atoms with van der Waals surface area (Å²) in [5.74, 6) is -0.648. The summed E-state index contributed by atoms with van der Waals surface area (Å²) in [6.45, 7) is 0.718. The fourth-order valence-corrected chi connectivity index (χ4v) is 3.66. The van der Waals surface area contributed by atoms with E-state index in [0.717, 1.165) is 10.9 Å². The summed E-state index contributed by atoms with van der Waals surface area (Å²) in [7, 11) is 0. The van der Waals surface area contributed by atoms with Gasteiger partial charge in [-0.05, 0) is 30.7 Å². The number of aromatic nitrogens is 3. The number of pyridine rings is 1. The number of carbonyl (C=O) groups is 1. The Morgan fingerprint density at radius 1 is 1.41 bits per heavy atom. The lowest BCUT2D eigenvalue weighted by atomic mass is 10.0. The van der Waals surface area contributed by atoms with Gasteiger partial charge in [0.05, 0.1) is 6.54 Å². The van der Waals surface area contributed by atoms with Crippen molar-refractivity contribution >= 4 is 33.9 Å². The Bertz CT molecular complexity index is 1190. The molecule has 3 N–H and O–H groups in total. The molecule has 1 aliphatic heterocycles. The normalized spacial score (nSPS) is 19.3. The van der Waals surface area contributed by atoms with Gasteiger partial charge in [-0.25, -0.2) is 4.39 Å². The number of oxazole rings is 1. The molecule has 29 heavy (non-hydrogen) atoms. The van der Waals surface area contributed by atoms with Gasteiger partial charge in [-0.3, -0.25) is 9.78 Å². The molecular weight excluding hydrogens is 377 g/mol. The molecule has 9 heteroatoms. The van der Waals surface area contributed by atoms with Crippen LogP contribution in [0.1, 0.15) is 16.9 Å². The quantitative estimate of drug-likeness (QED) is 0.490. The van der Waals surface area contributed by atoms with Crippen LogP contribution in [0.2, 0.25) is 0 Å². The van der Waals surface area contributed by atoms with Gasteiger partial charge in [0.1, 0.15) is 16.8 Å². The summed E-state index contributed by atoms with van der Waals surface area (Å²) < 4.78 is 19.2. The molecule has 0 spiro atoms. The molecule has 0 saturated carbocycles. The molecule has 8 nitrogen and oxygen atoms in total. The molecule has 4 aromatic rings. The third-order valence-corrected chi connectivity index (χ3v) is 5.21. The number of benzene rings is 1. The molecule has 0 aliphatic carbocycles. The number of fused-ring (bicyclic) bond motifs is 2. The van der Waals surface area contributed by atoms with Crippen molar-refractivity contribution in [3.63, 3.8) is 0 Å². The maximum Gasteiger partial charge on any atom is 0.295 e. The highest BCUT2D eigenvalue weighted by molar-refractivity contribution is 5.98. The van der Waals surface area contributed by atoms with E-state index >= 15 is 0 Å². The molecule has 4 heterocycles. The minimum atomic E-state index is -1.14. The number of carbonyl (C=O) groups excluding carboxylic acids is 1. The summed E-state index contributed by atoms with van der Waals surface area (Å²) in [5, 5.41) is 14.6. The molecule has 148 valence electrons. The predicted octanol–water partition coefficient (Wildman–Crippen LogP) is 2.53. The molecule has 3 aromatic heterocycles. The zero-order valence-electron chi connectivity index (χ0n) is 15.4. The number of β-amino-alcohol motifs (C(OH)–C–C–N with tert-alkyl or cyclic N) is 1. The summed E-state index contributed by atoms with van der Waals surface area (Å²) in [4.78, 5) is 25.6. The average Bonchev–Trinajstić information content (AvgIpc) is 3.43. The van der Waals surface area contributed by atoms with Gasteiger partial charge in [-0.1, -0.05) is 6.07 Å². The van der Waals surface area contributed by atoms with Gasteiger partial charge < -0.3 is 24.7 Å². The van der Waals surface area contributed by atoms with Gasteiger partial charge in [-0.2, -0.15) is 4.98 Å². The van der Waals surface area contributed by atoms with Crippen molar-refractivity contribution in [2.75, 3.05) is 25.0 Å². The number of likely N-dealkylation sites (tertiary alicyclic amines) is 1. The van der Waals surface area contributed by atoms with E-state index in [1.807, 2.05) is 0 Å². The number of hydrogen-bond acceptors (Lipinski definition) is 6. The third-order valence-electron chi connectivity index (χ3n) is 5.21. The Labute approximate surface area is 164 Å². The number of para-hydroxylation sites is 1. The van der Waals surface area contributed by atoms with E-state index in [2.05, 4.69) is 20.3 Å². The molecule has 1 amide bonds. The van der Waals surface area contributed by atoms with Crippen molar-refractivity contribution in [3.8, 4) is 0 Å². The van der Waals surface area contributed by atoms with Crippen LogP contribution in [-0.2, 0) is 0 Å². The van der Waals surface area contributed by atoms with Gasteiger partial charge >= 0.3 is 0 Å².